The SMILES string of the molecule is COC(=O)c1sccc1S(=O)(=O)NCCC1CCCNC1. The molecule has 0 amide bonds. The molecule has 2 N–H and O–H groups in total. The summed E-state index contributed by atoms with van der Waals surface area (Å²) in [6.07, 6.45) is 3.05. The molecule has 6 nitrogen and oxygen atoms in total. The highest BCUT2D eigenvalue weighted by atomic mass is 32.2. The standard InChI is InChI=1S/C13H20N2O4S2/c1-19-13(16)12-11(5-8-20-12)21(17,18)15-7-4-10-3-2-6-14-9-10/h5,8,10,14-15H,2-4,6-7,9H2,1H3. The Bertz CT molecular complexity index is 577. The number of thiophene rings is 1. The van der Waals surface area contributed by atoms with E-state index < -0.39 is 16.0 Å². The van der Waals surface area contributed by atoms with Gasteiger partial charge in [-0.05, 0) is 49.7 Å². The van der Waals surface area contributed by atoms with Crippen LogP contribution in [0.5, 0.6) is 0 Å². The minimum Gasteiger partial charge on any atom is -0.465 e. The third kappa shape index (κ3) is 4.26. The van der Waals surface area contributed by atoms with E-state index >= 15 is 0 Å². The fourth-order valence-corrected chi connectivity index (χ4v) is 4.78. The molecule has 2 heterocycles. The first-order valence-electron chi connectivity index (χ1n) is 6.91. The van der Waals surface area contributed by atoms with Crippen molar-refractivity contribution in [1.82, 2.24) is 10.0 Å². The summed E-state index contributed by atoms with van der Waals surface area (Å²) < 4.78 is 31.7. The molecule has 118 valence electrons. The van der Waals surface area contributed by atoms with E-state index in [0.717, 1.165) is 43.7 Å². The Hall–Kier alpha value is -0.960. The van der Waals surface area contributed by atoms with Crippen LogP contribution in [0.1, 0.15) is 28.9 Å². The van der Waals surface area contributed by atoms with Gasteiger partial charge in [0.05, 0.1) is 7.11 Å². The second kappa shape index (κ2) is 7.35. The molecule has 1 aliphatic rings. The molecule has 8 heteroatoms. The van der Waals surface area contributed by atoms with E-state index in [1.165, 1.54) is 13.2 Å². The third-order valence-corrected chi connectivity index (χ3v) is 6.06. The van der Waals surface area contributed by atoms with Crippen molar-refractivity contribution in [2.45, 2.75) is 24.2 Å². The first kappa shape index (κ1) is 16.4. The molecule has 1 atom stereocenters. The van der Waals surface area contributed by atoms with E-state index in [1.54, 1.807) is 5.38 Å². The van der Waals surface area contributed by atoms with Gasteiger partial charge in [0, 0.05) is 6.54 Å². The lowest BCUT2D eigenvalue weighted by Crippen LogP contribution is -2.33. The predicted octanol–water partition coefficient (Wildman–Crippen LogP) is 1.20. The van der Waals surface area contributed by atoms with Gasteiger partial charge < -0.3 is 10.1 Å². The zero-order valence-corrected chi connectivity index (χ0v) is 13.6. The number of carbonyl (C=O) groups excluding carboxylic acids is 1. The van der Waals surface area contributed by atoms with E-state index in [-0.39, 0.29) is 9.77 Å². The molecule has 1 saturated heterocycles. The smallest absolute Gasteiger partial charge is 0.349 e. The Labute approximate surface area is 128 Å². The van der Waals surface area contributed by atoms with Crippen molar-refractivity contribution in [1.29, 1.82) is 0 Å². The maximum Gasteiger partial charge on any atom is 0.349 e. The Balaban J connectivity index is 1.95. The van der Waals surface area contributed by atoms with Crippen LogP contribution in [-0.4, -0.2) is 41.1 Å². The monoisotopic (exact) mass is 332 g/mol. The number of rotatable bonds is 6. The van der Waals surface area contributed by atoms with Crippen LogP contribution in [-0.2, 0) is 14.8 Å². The number of hydrogen-bond acceptors (Lipinski definition) is 6. The van der Waals surface area contributed by atoms with Crippen LogP contribution in [0.4, 0.5) is 0 Å². The van der Waals surface area contributed by atoms with E-state index in [2.05, 4.69) is 14.8 Å². The molecule has 1 unspecified atom stereocenters. The summed E-state index contributed by atoms with van der Waals surface area (Å²) in [5, 5.41) is 4.88. The molecule has 0 saturated carbocycles. The number of piperidine rings is 1. The van der Waals surface area contributed by atoms with Crippen molar-refractivity contribution in [2.24, 2.45) is 5.92 Å². The lowest BCUT2D eigenvalue weighted by Gasteiger charge is -2.22. The van der Waals surface area contributed by atoms with Gasteiger partial charge in [-0.2, -0.15) is 0 Å². The Morgan fingerprint density at radius 3 is 3.05 bits per heavy atom. The average molecular weight is 332 g/mol. The molecule has 21 heavy (non-hydrogen) atoms. The Kier molecular flexibility index (Phi) is 5.74. The molecule has 0 spiro atoms. The molecular weight excluding hydrogens is 312 g/mol. The first-order chi connectivity index (χ1) is 10.0. The maximum absolute atomic E-state index is 12.2. The summed E-state index contributed by atoms with van der Waals surface area (Å²) in [7, 11) is -2.43. The average Bonchev–Trinajstić information content (AvgIpc) is 2.98. The van der Waals surface area contributed by atoms with Gasteiger partial charge in [0.1, 0.15) is 9.77 Å². The van der Waals surface area contributed by atoms with Crippen LogP contribution in [0.15, 0.2) is 16.3 Å². The summed E-state index contributed by atoms with van der Waals surface area (Å²) in [5.74, 6) is -0.120. The van der Waals surface area contributed by atoms with Crippen molar-refractivity contribution in [3.63, 3.8) is 0 Å². The van der Waals surface area contributed by atoms with Crippen molar-refractivity contribution in [3.05, 3.63) is 16.3 Å². The first-order valence-corrected chi connectivity index (χ1v) is 9.27. The molecule has 0 aliphatic carbocycles. The van der Waals surface area contributed by atoms with Gasteiger partial charge in [-0.15, -0.1) is 11.3 Å². The van der Waals surface area contributed by atoms with Crippen LogP contribution in [0.3, 0.4) is 0 Å². The third-order valence-electron chi connectivity index (χ3n) is 3.53. The van der Waals surface area contributed by atoms with E-state index in [0.29, 0.717) is 12.5 Å². The second-order valence-corrected chi connectivity index (χ2v) is 7.66. The highest BCUT2D eigenvalue weighted by molar-refractivity contribution is 7.89. The van der Waals surface area contributed by atoms with Crippen molar-refractivity contribution >= 4 is 27.3 Å². The number of methoxy groups -OCH3 is 1. The summed E-state index contributed by atoms with van der Waals surface area (Å²) in [6, 6.07) is 1.43. The zero-order chi connectivity index (χ0) is 15.3. The van der Waals surface area contributed by atoms with Crippen LogP contribution < -0.4 is 10.0 Å². The van der Waals surface area contributed by atoms with Crippen molar-refractivity contribution in [2.75, 3.05) is 26.7 Å². The molecule has 1 aromatic rings. The van der Waals surface area contributed by atoms with Gasteiger partial charge in [-0.1, -0.05) is 0 Å². The summed E-state index contributed by atoms with van der Waals surface area (Å²) >= 11 is 1.07. The molecule has 2 rings (SSSR count). The molecular formula is C13H20N2O4S2. The van der Waals surface area contributed by atoms with Crippen molar-refractivity contribution < 1.29 is 17.9 Å². The minimum absolute atomic E-state index is 0.00104. The predicted molar refractivity (Wildman–Crippen MR) is 81.1 cm³/mol. The van der Waals surface area contributed by atoms with Gasteiger partial charge in [-0.25, -0.2) is 17.9 Å². The number of esters is 1. The largest absolute Gasteiger partial charge is 0.465 e. The van der Waals surface area contributed by atoms with E-state index in [9.17, 15) is 13.2 Å². The summed E-state index contributed by atoms with van der Waals surface area (Å²) in [6.45, 7) is 2.36. The van der Waals surface area contributed by atoms with Gasteiger partial charge in [0.15, 0.2) is 0 Å². The highest BCUT2D eigenvalue weighted by Crippen LogP contribution is 2.23. The Morgan fingerprint density at radius 2 is 2.38 bits per heavy atom. The number of hydrogen-bond donors (Lipinski definition) is 2. The molecule has 1 aliphatic heterocycles. The van der Waals surface area contributed by atoms with Crippen LogP contribution in [0.25, 0.3) is 0 Å². The molecule has 0 aromatic carbocycles. The number of nitrogens with one attached hydrogen (secondary N) is 2. The van der Waals surface area contributed by atoms with Gasteiger partial charge in [0.2, 0.25) is 10.0 Å². The Morgan fingerprint density at radius 1 is 1.57 bits per heavy atom. The number of ether oxygens (including phenoxy) is 1. The van der Waals surface area contributed by atoms with Crippen LogP contribution in [0.2, 0.25) is 0 Å². The molecule has 0 bridgehead atoms. The van der Waals surface area contributed by atoms with Crippen LogP contribution in [0, 0.1) is 5.92 Å². The topological polar surface area (TPSA) is 84.5 Å². The number of sulfonamides is 1. The van der Waals surface area contributed by atoms with Crippen LogP contribution >= 0.6 is 11.3 Å². The summed E-state index contributed by atoms with van der Waals surface area (Å²) in [4.78, 5) is 11.7. The fourth-order valence-electron chi connectivity index (χ4n) is 2.40. The second-order valence-electron chi connectivity index (χ2n) is 5.00. The van der Waals surface area contributed by atoms with Crippen molar-refractivity contribution in [3.8, 4) is 0 Å². The quantitative estimate of drug-likeness (QED) is 0.765. The zero-order valence-electron chi connectivity index (χ0n) is 11.9. The van der Waals surface area contributed by atoms with E-state index in [1.807, 2.05) is 0 Å². The molecule has 0 radical (unpaired) electrons. The van der Waals surface area contributed by atoms with Gasteiger partial charge >= 0.3 is 5.97 Å². The van der Waals surface area contributed by atoms with Gasteiger partial charge in [-0.3, -0.25) is 0 Å². The van der Waals surface area contributed by atoms with Gasteiger partial charge in [0.25, 0.3) is 0 Å². The highest BCUT2D eigenvalue weighted by Gasteiger charge is 2.24. The lowest BCUT2D eigenvalue weighted by atomic mass is 9.96. The molecule has 1 fully saturated rings. The lowest BCUT2D eigenvalue weighted by molar-refractivity contribution is 0.0602. The maximum atomic E-state index is 12.2. The van der Waals surface area contributed by atoms with E-state index in [4.69, 9.17) is 0 Å². The normalized spacial score (nSPS) is 19.4. The minimum atomic E-state index is -3.66. The number of carbonyl (C=O) groups is 1. The summed E-state index contributed by atoms with van der Waals surface area (Å²) in [5.41, 5.74) is 0. The fraction of sp³-hybridized carbons (Fsp3) is 0.615. The molecule has 1 aromatic heterocycles.